The highest BCUT2D eigenvalue weighted by Crippen LogP contribution is 2.57. The third-order valence-electron chi connectivity index (χ3n) is 4.40. The Morgan fingerprint density at radius 3 is 2.17 bits per heavy atom. The topological polar surface area (TPSA) is 55.3 Å². The van der Waals surface area contributed by atoms with Gasteiger partial charge in [-0.15, -0.1) is 0 Å². The molecule has 1 saturated carbocycles. The molecule has 132 valence electrons. The highest BCUT2D eigenvalue weighted by atomic mass is 19.4. The zero-order chi connectivity index (χ0) is 17.8. The summed E-state index contributed by atoms with van der Waals surface area (Å²) in [4.78, 5) is 21.3. The van der Waals surface area contributed by atoms with E-state index in [0.717, 1.165) is 5.56 Å². The lowest BCUT2D eigenvalue weighted by Crippen LogP contribution is -2.50. The number of amides is 1. The van der Waals surface area contributed by atoms with Crippen molar-refractivity contribution in [1.82, 2.24) is 14.9 Å². The Morgan fingerprint density at radius 1 is 1.21 bits per heavy atom. The highest BCUT2D eigenvalue weighted by molar-refractivity contribution is 5.69. The molecule has 1 amide bonds. The molecule has 2 heterocycles. The second-order valence-electron chi connectivity index (χ2n) is 7.50. The van der Waals surface area contributed by atoms with Crippen LogP contribution in [0.25, 0.3) is 0 Å². The Kier molecular flexibility index (Phi) is 3.77. The average Bonchev–Trinajstić information content (AvgIpc) is 3.16. The van der Waals surface area contributed by atoms with E-state index in [1.807, 2.05) is 0 Å². The number of aromatic nitrogens is 2. The zero-order valence-corrected chi connectivity index (χ0v) is 13.9. The molecule has 0 radical (unpaired) electrons. The summed E-state index contributed by atoms with van der Waals surface area (Å²) in [5, 5.41) is 0. The van der Waals surface area contributed by atoms with Gasteiger partial charge in [-0.1, -0.05) is 0 Å². The first-order valence-corrected chi connectivity index (χ1v) is 7.89. The number of likely N-dealkylation sites (tertiary alicyclic amines) is 1. The molecular formula is C16H20F3N3O2. The molecule has 0 atom stereocenters. The van der Waals surface area contributed by atoms with Crippen LogP contribution in [0.5, 0.6) is 0 Å². The van der Waals surface area contributed by atoms with E-state index in [0.29, 0.717) is 13.1 Å². The molecule has 5 nitrogen and oxygen atoms in total. The van der Waals surface area contributed by atoms with Crippen molar-refractivity contribution < 1.29 is 22.7 Å². The maximum Gasteiger partial charge on any atom is 0.410 e. The van der Waals surface area contributed by atoms with E-state index in [2.05, 4.69) is 9.97 Å². The quantitative estimate of drug-likeness (QED) is 0.826. The fraction of sp³-hybridized carbons (Fsp3) is 0.688. The van der Waals surface area contributed by atoms with Gasteiger partial charge < -0.3 is 9.64 Å². The van der Waals surface area contributed by atoms with Gasteiger partial charge in [-0.2, -0.15) is 13.2 Å². The minimum Gasteiger partial charge on any atom is -0.444 e. The summed E-state index contributed by atoms with van der Waals surface area (Å²) in [6, 6.07) is 0. The van der Waals surface area contributed by atoms with E-state index < -0.39 is 17.2 Å². The number of nitrogens with zero attached hydrogens (tertiary/aromatic N) is 3. The molecular weight excluding hydrogens is 323 g/mol. The van der Waals surface area contributed by atoms with Gasteiger partial charge in [0.2, 0.25) is 0 Å². The third kappa shape index (κ3) is 3.06. The number of hydrogen-bond acceptors (Lipinski definition) is 4. The molecule has 0 bridgehead atoms. The lowest BCUT2D eigenvalue weighted by Gasteiger charge is -2.39. The molecule has 0 N–H and O–H groups in total. The van der Waals surface area contributed by atoms with Crippen LogP contribution in [0.2, 0.25) is 0 Å². The van der Waals surface area contributed by atoms with Crippen LogP contribution in [-0.4, -0.2) is 45.8 Å². The molecule has 0 aromatic carbocycles. The molecule has 8 heteroatoms. The Balaban J connectivity index is 1.60. The third-order valence-corrected chi connectivity index (χ3v) is 4.40. The standard InChI is InChI=1S/C16H20F3N3O2/c1-14(2,3)24-13(23)22-8-11(9-22)10-6-20-12(21-7-10)15(4-5-15)16(17,18)19/h6-7,11H,4-5,8-9H2,1-3H3. The van der Waals surface area contributed by atoms with Gasteiger partial charge in [0.05, 0.1) is 0 Å². The highest BCUT2D eigenvalue weighted by Gasteiger charge is 2.66. The van der Waals surface area contributed by atoms with Gasteiger partial charge >= 0.3 is 12.3 Å². The van der Waals surface area contributed by atoms with Gasteiger partial charge in [0.25, 0.3) is 0 Å². The summed E-state index contributed by atoms with van der Waals surface area (Å²) in [5.41, 5.74) is -1.66. The van der Waals surface area contributed by atoms with Gasteiger partial charge in [0.15, 0.2) is 0 Å². The van der Waals surface area contributed by atoms with Gasteiger partial charge in [0.1, 0.15) is 16.8 Å². The Labute approximate surface area is 138 Å². The molecule has 3 rings (SSSR count). The van der Waals surface area contributed by atoms with Crippen LogP contribution in [0.4, 0.5) is 18.0 Å². The first-order valence-electron chi connectivity index (χ1n) is 7.89. The first kappa shape index (κ1) is 17.0. The molecule has 0 spiro atoms. The molecule has 1 aromatic heterocycles. The van der Waals surface area contributed by atoms with Crippen LogP contribution < -0.4 is 0 Å². The Morgan fingerprint density at radius 2 is 1.75 bits per heavy atom. The average molecular weight is 343 g/mol. The van der Waals surface area contributed by atoms with Crippen LogP contribution in [0.15, 0.2) is 12.4 Å². The summed E-state index contributed by atoms with van der Waals surface area (Å²) in [6.45, 7) is 6.30. The van der Waals surface area contributed by atoms with Gasteiger partial charge in [0, 0.05) is 31.4 Å². The lowest BCUT2D eigenvalue weighted by atomic mass is 9.94. The smallest absolute Gasteiger partial charge is 0.410 e. The zero-order valence-electron chi connectivity index (χ0n) is 13.9. The number of carbonyl (C=O) groups is 1. The predicted octanol–water partition coefficient (Wildman–Crippen LogP) is 3.40. The van der Waals surface area contributed by atoms with Crippen molar-refractivity contribution in [2.75, 3.05) is 13.1 Å². The van der Waals surface area contributed by atoms with Crippen molar-refractivity contribution in [3.8, 4) is 0 Å². The number of alkyl halides is 3. The van der Waals surface area contributed by atoms with Crippen LogP contribution >= 0.6 is 0 Å². The predicted molar refractivity (Wildman–Crippen MR) is 79.5 cm³/mol. The summed E-state index contributed by atoms with van der Waals surface area (Å²) in [7, 11) is 0. The number of rotatable bonds is 2. The van der Waals surface area contributed by atoms with Crippen LogP contribution in [0, 0.1) is 0 Å². The van der Waals surface area contributed by atoms with Crippen molar-refractivity contribution in [2.45, 2.75) is 56.7 Å². The van der Waals surface area contributed by atoms with Crippen molar-refractivity contribution in [3.63, 3.8) is 0 Å². The normalized spacial score (nSPS) is 20.5. The van der Waals surface area contributed by atoms with Crippen LogP contribution in [0.3, 0.4) is 0 Å². The summed E-state index contributed by atoms with van der Waals surface area (Å²) < 4.78 is 44.4. The Bertz CT molecular complexity index is 627. The molecule has 1 aromatic rings. The van der Waals surface area contributed by atoms with E-state index in [1.54, 1.807) is 25.7 Å². The van der Waals surface area contributed by atoms with Crippen molar-refractivity contribution in [2.24, 2.45) is 0 Å². The minimum absolute atomic E-state index is 0.0348. The largest absolute Gasteiger partial charge is 0.444 e. The monoisotopic (exact) mass is 343 g/mol. The van der Waals surface area contributed by atoms with Crippen LogP contribution in [0.1, 0.15) is 50.9 Å². The second-order valence-corrected chi connectivity index (χ2v) is 7.50. The van der Waals surface area contributed by atoms with E-state index >= 15 is 0 Å². The van der Waals surface area contributed by atoms with Crippen molar-refractivity contribution in [1.29, 1.82) is 0 Å². The van der Waals surface area contributed by atoms with E-state index in [9.17, 15) is 18.0 Å². The SMILES string of the molecule is CC(C)(C)OC(=O)N1CC(c2cnc(C3(C(F)(F)F)CC3)nc2)C1. The van der Waals surface area contributed by atoms with E-state index in [4.69, 9.17) is 4.74 Å². The summed E-state index contributed by atoms with van der Waals surface area (Å²) >= 11 is 0. The number of halogens is 3. The summed E-state index contributed by atoms with van der Waals surface area (Å²) in [6.07, 6.45) is -1.70. The molecule has 1 saturated heterocycles. The van der Waals surface area contributed by atoms with Gasteiger partial charge in [-0.3, -0.25) is 0 Å². The van der Waals surface area contributed by atoms with E-state index in [1.165, 1.54) is 12.4 Å². The summed E-state index contributed by atoms with van der Waals surface area (Å²) in [5.74, 6) is -0.116. The molecule has 0 unspecified atom stereocenters. The molecule has 2 aliphatic rings. The van der Waals surface area contributed by atoms with Crippen molar-refractivity contribution in [3.05, 3.63) is 23.8 Å². The molecule has 24 heavy (non-hydrogen) atoms. The van der Waals surface area contributed by atoms with Crippen molar-refractivity contribution >= 4 is 6.09 Å². The number of ether oxygens (including phenoxy) is 1. The van der Waals surface area contributed by atoms with Gasteiger partial charge in [-0.05, 0) is 39.2 Å². The molecule has 1 aliphatic heterocycles. The maximum atomic E-state index is 13.1. The van der Waals surface area contributed by atoms with Gasteiger partial charge in [-0.25, -0.2) is 14.8 Å². The number of carbonyl (C=O) groups excluding carboxylic acids is 1. The fourth-order valence-corrected chi connectivity index (χ4v) is 2.72. The van der Waals surface area contributed by atoms with Crippen LogP contribution in [-0.2, 0) is 10.2 Å². The maximum absolute atomic E-state index is 13.1. The Hall–Kier alpha value is -1.86. The molecule has 1 aliphatic carbocycles. The number of hydrogen-bond donors (Lipinski definition) is 0. The lowest BCUT2D eigenvalue weighted by molar-refractivity contribution is -0.162. The van der Waals surface area contributed by atoms with E-state index in [-0.39, 0.29) is 30.7 Å². The fourth-order valence-electron chi connectivity index (χ4n) is 2.72. The first-order chi connectivity index (χ1) is 11.0. The second kappa shape index (κ2) is 5.32. The molecule has 2 fully saturated rings. The minimum atomic E-state index is -4.31.